The van der Waals surface area contributed by atoms with Gasteiger partial charge in [0.2, 0.25) is 0 Å². The zero-order chi connectivity index (χ0) is 21.3. The molecule has 0 aliphatic heterocycles. The molecule has 0 unspecified atom stereocenters. The van der Waals surface area contributed by atoms with Crippen LogP contribution in [-0.2, 0) is 6.54 Å². The van der Waals surface area contributed by atoms with Crippen LogP contribution in [0, 0.1) is 11.3 Å². The lowest BCUT2D eigenvalue weighted by atomic mass is 10.2. The number of amides is 2. The third-order valence-electron chi connectivity index (χ3n) is 4.47. The van der Waals surface area contributed by atoms with E-state index in [-0.39, 0.29) is 11.8 Å². The van der Waals surface area contributed by atoms with Crippen LogP contribution in [0.2, 0.25) is 0 Å². The number of phenols is 1. The predicted octanol–water partition coefficient (Wildman–Crippen LogP) is 5.50. The fourth-order valence-electron chi connectivity index (χ4n) is 2.96. The number of urea groups is 1. The van der Waals surface area contributed by atoms with Crippen LogP contribution in [0.5, 0.6) is 17.2 Å². The smallest absolute Gasteiger partial charge is 0.322 e. The molecule has 6 nitrogen and oxygen atoms in total. The second kappa shape index (κ2) is 9.99. The van der Waals surface area contributed by atoms with Crippen molar-refractivity contribution in [3.63, 3.8) is 0 Å². The van der Waals surface area contributed by atoms with Crippen LogP contribution in [0.4, 0.5) is 10.5 Å². The molecule has 0 aliphatic carbocycles. The summed E-state index contributed by atoms with van der Waals surface area (Å²) in [5, 5.41) is 22.0. The number of hydrogen-bond donors (Lipinski definition) is 2. The number of nitriles is 1. The fraction of sp³-hybridized carbons (Fsp3) is 0.167. The highest BCUT2D eigenvalue weighted by molar-refractivity contribution is 5.89. The Kier molecular flexibility index (Phi) is 6.91. The van der Waals surface area contributed by atoms with Crippen molar-refractivity contribution in [1.82, 2.24) is 4.90 Å². The van der Waals surface area contributed by atoms with Crippen molar-refractivity contribution in [2.24, 2.45) is 0 Å². The van der Waals surface area contributed by atoms with E-state index in [0.29, 0.717) is 41.4 Å². The summed E-state index contributed by atoms with van der Waals surface area (Å²) in [6.45, 7) is 2.88. The van der Waals surface area contributed by atoms with Crippen LogP contribution in [-0.4, -0.2) is 22.6 Å². The molecule has 0 saturated carbocycles. The highest BCUT2D eigenvalue weighted by Gasteiger charge is 2.15. The third-order valence-corrected chi connectivity index (χ3v) is 4.47. The van der Waals surface area contributed by atoms with Gasteiger partial charge in [-0.1, -0.05) is 37.3 Å². The summed E-state index contributed by atoms with van der Waals surface area (Å²) in [6, 6.07) is 22.8. The van der Waals surface area contributed by atoms with Gasteiger partial charge in [-0.15, -0.1) is 0 Å². The van der Waals surface area contributed by atoms with Crippen LogP contribution in [0.1, 0.15) is 24.5 Å². The number of benzene rings is 3. The van der Waals surface area contributed by atoms with E-state index in [1.54, 1.807) is 71.6 Å². The van der Waals surface area contributed by atoms with Crippen molar-refractivity contribution in [1.29, 1.82) is 5.26 Å². The zero-order valence-electron chi connectivity index (χ0n) is 16.7. The van der Waals surface area contributed by atoms with Gasteiger partial charge in [-0.05, 0) is 48.9 Å². The number of hydrogen-bond acceptors (Lipinski definition) is 4. The molecule has 0 radical (unpaired) electrons. The quantitative estimate of drug-likeness (QED) is 0.547. The molecule has 0 fully saturated rings. The monoisotopic (exact) mass is 401 g/mol. The summed E-state index contributed by atoms with van der Waals surface area (Å²) in [4.78, 5) is 14.4. The Morgan fingerprint density at radius 3 is 2.47 bits per heavy atom. The minimum atomic E-state index is -0.247. The first-order chi connectivity index (χ1) is 14.6. The van der Waals surface area contributed by atoms with E-state index in [2.05, 4.69) is 11.4 Å². The molecule has 0 bridgehead atoms. The molecule has 6 heteroatoms. The minimum Gasteiger partial charge on any atom is -0.508 e. The molecule has 0 saturated heterocycles. The first-order valence-electron chi connectivity index (χ1n) is 9.70. The average molecular weight is 401 g/mol. The molecule has 30 heavy (non-hydrogen) atoms. The molecule has 0 atom stereocenters. The second-order valence-electron chi connectivity index (χ2n) is 6.71. The Labute approximate surface area is 176 Å². The van der Waals surface area contributed by atoms with E-state index >= 15 is 0 Å². The van der Waals surface area contributed by atoms with Gasteiger partial charge in [0.15, 0.2) is 0 Å². The van der Waals surface area contributed by atoms with E-state index in [9.17, 15) is 9.90 Å². The van der Waals surface area contributed by atoms with Crippen LogP contribution in [0.15, 0.2) is 72.8 Å². The molecule has 2 amide bonds. The zero-order valence-corrected chi connectivity index (χ0v) is 16.7. The molecule has 3 rings (SSSR count). The number of ether oxygens (including phenoxy) is 1. The number of phenolic OH excluding ortho intramolecular Hbond substituents is 1. The number of para-hydroxylation sites is 2. The maximum Gasteiger partial charge on any atom is 0.322 e. The van der Waals surface area contributed by atoms with Gasteiger partial charge in [-0.2, -0.15) is 5.26 Å². The molecule has 152 valence electrons. The Bertz CT molecular complexity index is 1040. The molecule has 3 aromatic rings. The van der Waals surface area contributed by atoms with Crippen LogP contribution in [0.3, 0.4) is 0 Å². The van der Waals surface area contributed by atoms with Crippen molar-refractivity contribution in [3.8, 4) is 23.3 Å². The lowest BCUT2D eigenvalue weighted by Gasteiger charge is -2.23. The number of nitrogens with zero attached hydrogens (tertiary/aromatic N) is 2. The second-order valence-corrected chi connectivity index (χ2v) is 6.71. The Balaban J connectivity index is 1.66. The van der Waals surface area contributed by atoms with Gasteiger partial charge < -0.3 is 20.1 Å². The minimum absolute atomic E-state index is 0.172. The number of anilines is 1. The summed E-state index contributed by atoms with van der Waals surface area (Å²) in [6.07, 6.45) is 0.798. The van der Waals surface area contributed by atoms with E-state index in [4.69, 9.17) is 10.00 Å². The number of nitrogens with one attached hydrogen (secondary N) is 1. The van der Waals surface area contributed by atoms with Crippen LogP contribution in [0.25, 0.3) is 0 Å². The standard InChI is InChI=1S/C24H23N3O3/c1-2-15-27(17-19-8-3-5-9-22(19)28)24(29)26-20-11-13-21(14-12-20)30-23-10-6-4-7-18(23)16-25/h3-14,28H,2,15,17H2,1H3,(H,26,29). The number of rotatable bonds is 7. The lowest BCUT2D eigenvalue weighted by molar-refractivity contribution is 0.208. The molecule has 0 heterocycles. The third kappa shape index (κ3) is 5.30. The fourth-order valence-corrected chi connectivity index (χ4v) is 2.96. The molecule has 0 aliphatic rings. The molecular weight excluding hydrogens is 378 g/mol. The summed E-state index contributed by atoms with van der Waals surface area (Å²) in [5.74, 6) is 1.22. The van der Waals surface area contributed by atoms with Crippen molar-refractivity contribution in [2.75, 3.05) is 11.9 Å². The topological polar surface area (TPSA) is 85.6 Å². The van der Waals surface area contributed by atoms with Crippen LogP contribution < -0.4 is 10.1 Å². The Hall–Kier alpha value is -3.98. The van der Waals surface area contributed by atoms with Gasteiger partial charge in [0.25, 0.3) is 0 Å². The Morgan fingerprint density at radius 1 is 1.07 bits per heavy atom. The van der Waals surface area contributed by atoms with Gasteiger partial charge in [0.1, 0.15) is 23.3 Å². The van der Waals surface area contributed by atoms with Crippen molar-refractivity contribution < 1.29 is 14.6 Å². The van der Waals surface area contributed by atoms with Gasteiger partial charge in [-0.25, -0.2) is 4.79 Å². The molecular formula is C24H23N3O3. The highest BCUT2D eigenvalue weighted by atomic mass is 16.5. The lowest BCUT2D eigenvalue weighted by Crippen LogP contribution is -2.35. The van der Waals surface area contributed by atoms with E-state index in [1.807, 2.05) is 13.0 Å². The first-order valence-corrected chi connectivity index (χ1v) is 9.70. The van der Waals surface area contributed by atoms with Gasteiger partial charge in [0, 0.05) is 17.8 Å². The first kappa shape index (κ1) is 20.7. The maximum atomic E-state index is 12.7. The van der Waals surface area contributed by atoms with Crippen molar-refractivity contribution in [3.05, 3.63) is 83.9 Å². The summed E-state index contributed by atoms with van der Waals surface area (Å²) >= 11 is 0. The maximum absolute atomic E-state index is 12.7. The summed E-state index contributed by atoms with van der Waals surface area (Å²) < 4.78 is 5.77. The van der Waals surface area contributed by atoms with Crippen molar-refractivity contribution >= 4 is 11.7 Å². The molecule has 0 spiro atoms. The number of carbonyl (C=O) groups excluding carboxylic acids is 1. The molecule has 2 N–H and O–H groups in total. The molecule has 0 aromatic heterocycles. The molecule has 3 aromatic carbocycles. The summed E-state index contributed by atoms with van der Waals surface area (Å²) in [5.41, 5.74) is 1.77. The van der Waals surface area contributed by atoms with Crippen LogP contribution >= 0.6 is 0 Å². The van der Waals surface area contributed by atoms with E-state index < -0.39 is 0 Å². The van der Waals surface area contributed by atoms with Gasteiger partial charge in [-0.3, -0.25) is 0 Å². The summed E-state index contributed by atoms with van der Waals surface area (Å²) in [7, 11) is 0. The van der Waals surface area contributed by atoms with Crippen molar-refractivity contribution in [2.45, 2.75) is 19.9 Å². The normalized spacial score (nSPS) is 10.1. The SMILES string of the molecule is CCCN(Cc1ccccc1O)C(=O)Nc1ccc(Oc2ccccc2C#N)cc1. The average Bonchev–Trinajstić information content (AvgIpc) is 2.76. The predicted molar refractivity (Wildman–Crippen MR) is 115 cm³/mol. The van der Waals surface area contributed by atoms with Gasteiger partial charge in [0.05, 0.1) is 12.1 Å². The highest BCUT2D eigenvalue weighted by Crippen LogP contribution is 2.26. The Morgan fingerprint density at radius 2 is 1.77 bits per heavy atom. The largest absolute Gasteiger partial charge is 0.508 e. The van der Waals surface area contributed by atoms with Gasteiger partial charge >= 0.3 is 6.03 Å². The number of aromatic hydroxyl groups is 1. The van der Waals surface area contributed by atoms with E-state index in [0.717, 1.165) is 6.42 Å². The number of carbonyl (C=O) groups is 1. The van der Waals surface area contributed by atoms with E-state index in [1.165, 1.54) is 0 Å².